The van der Waals surface area contributed by atoms with Crippen molar-refractivity contribution < 1.29 is 0 Å². The van der Waals surface area contributed by atoms with Gasteiger partial charge in [-0.05, 0) is 23.3 Å². The Bertz CT molecular complexity index is 163. The third kappa shape index (κ3) is 1.25. The summed E-state index contributed by atoms with van der Waals surface area (Å²) in [4.78, 5) is 0. The smallest absolute Gasteiger partial charge is 0.0130 e. The molecule has 0 radical (unpaired) electrons. The van der Waals surface area contributed by atoms with Crippen LogP contribution in [0.25, 0.3) is 0 Å². The van der Waals surface area contributed by atoms with Gasteiger partial charge in [-0.2, -0.15) is 4.40 Å². The summed E-state index contributed by atoms with van der Waals surface area (Å²) < 4.78 is 3.81. The van der Waals surface area contributed by atoms with Gasteiger partial charge < -0.3 is 0 Å². The fraction of sp³-hybridized carbons (Fsp3) is 0.333. The first kappa shape index (κ1) is 5.67. The Hall–Kier alpha value is -0.460. The van der Waals surface area contributed by atoms with E-state index in [1.54, 1.807) is 0 Å². The van der Waals surface area contributed by atoms with Gasteiger partial charge in [0, 0.05) is 18.0 Å². The molecule has 0 atom stereocenters. The highest BCUT2D eigenvalue weighted by Crippen LogP contribution is 2.13. The number of allylic oxidation sites excluding steroid dienone is 2. The van der Waals surface area contributed by atoms with E-state index >= 15 is 0 Å². The first-order chi connectivity index (χ1) is 3.93. The first-order valence-corrected chi connectivity index (χ1v) is 3.41. The zero-order chi connectivity index (χ0) is 5.82. The Labute approximate surface area is 53.3 Å². The second kappa shape index (κ2) is 2.75. The van der Waals surface area contributed by atoms with E-state index in [4.69, 9.17) is 0 Å². The summed E-state index contributed by atoms with van der Waals surface area (Å²) in [5.41, 5.74) is 1.31. The maximum atomic E-state index is 3.81. The summed E-state index contributed by atoms with van der Waals surface area (Å²) in [7, 11) is 0. The Morgan fingerprint density at radius 2 is 2.75 bits per heavy atom. The van der Waals surface area contributed by atoms with Gasteiger partial charge in [-0.15, -0.1) is 0 Å². The molecule has 0 N–H and O–H groups in total. The van der Waals surface area contributed by atoms with Crippen molar-refractivity contribution in [3.8, 4) is 0 Å². The summed E-state index contributed by atoms with van der Waals surface area (Å²) >= 11 is 1.45. The van der Waals surface area contributed by atoms with E-state index < -0.39 is 0 Å². The van der Waals surface area contributed by atoms with Crippen LogP contribution in [0.3, 0.4) is 0 Å². The van der Waals surface area contributed by atoms with Gasteiger partial charge in [-0.25, -0.2) is 0 Å². The van der Waals surface area contributed by atoms with Crippen LogP contribution in [0.2, 0.25) is 0 Å². The van der Waals surface area contributed by atoms with E-state index in [2.05, 4.69) is 17.2 Å². The lowest BCUT2D eigenvalue weighted by Crippen LogP contribution is -1.74. The highest BCUT2D eigenvalue weighted by Gasteiger charge is 1.88. The van der Waals surface area contributed by atoms with E-state index in [1.165, 1.54) is 17.5 Å². The molecule has 1 aliphatic rings. The molecule has 0 aromatic carbocycles. The summed E-state index contributed by atoms with van der Waals surface area (Å²) in [5, 5.41) is 2.04. The molecule has 0 aromatic rings. The lowest BCUT2D eigenvalue weighted by Gasteiger charge is -1.93. The van der Waals surface area contributed by atoms with Crippen LogP contribution in [-0.4, -0.2) is 5.87 Å². The topological polar surface area (TPSA) is 12.4 Å². The van der Waals surface area contributed by atoms with Gasteiger partial charge in [-0.3, -0.25) is 0 Å². The van der Waals surface area contributed by atoms with Crippen LogP contribution >= 0.6 is 11.9 Å². The predicted octanol–water partition coefficient (Wildman–Crippen LogP) is 2.17. The number of rotatable bonds is 1. The van der Waals surface area contributed by atoms with Crippen LogP contribution in [-0.2, 0) is 0 Å². The minimum absolute atomic E-state index is 1.08. The third-order valence-electron chi connectivity index (χ3n) is 0.968. The first-order valence-electron chi connectivity index (χ1n) is 2.57. The summed E-state index contributed by atoms with van der Waals surface area (Å²) in [6.45, 7) is 2.12. The molecule has 1 nitrogen and oxygen atoms in total. The summed E-state index contributed by atoms with van der Waals surface area (Å²) in [5.74, 6) is 2.78. The molecule has 0 amide bonds. The quantitative estimate of drug-likeness (QED) is 0.489. The SMILES string of the molecule is CCC1=CSN=C=C1. The monoisotopic (exact) mass is 125 g/mol. The Kier molecular flexibility index (Phi) is 1.95. The molecule has 0 aromatic heterocycles. The molecule has 0 saturated heterocycles. The molecule has 0 aliphatic carbocycles. The standard InChI is InChI=1S/C6H7NS/c1-2-6-3-4-7-8-5-6/h3,5H,2H2,1H3. The fourth-order valence-electron chi connectivity index (χ4n) is 0.453. The lowest BCUT2D eigenvalue weighted by molar-refractivity contribution is 1.16. The van der Waals surface area contributed by atoms with Gasteiger partial charge in [0.15, 0.2) is 0 Å². The van der Waals surface area contributed by atoms with Crippen LogP contribution in [0.4, 0.5) is 0 Å². The van der Waals surface area contributed by atoms with Gasteiger partial charge in [0.2, 0.25) is 0 Å². The van der Waals surface area contributed by atoms with E-state index in [0.717, 1.165) is 6.42 Å². The Morgan fingerprint density at radius 3 is 3.12 bits per heavy atom. The second-order valence-corrected chi connectivity index (χ2v) is 2.15. The molecule has 0 unspecified atom stereocenters. The molecule has 2 heteroatoms. The van der Waals surface area contributed by atoms with E-state index in [9.17, 15) is 0 Å². The maximum absolute atomic E-state index is 3.81. The average molecular weight is 125 g/mol. The molecule has 0 fully saturated rings. The zero-order valence-electron chi connectivity index (χ0n) is 4.72. The van der Waals surface area contributed by atoms with Crippen molar-refractivity contribution in [2.24, 2.45) is 4.40 Å². The summed E-state index contributed by atoms with van der Waals surface area (Å²) in [6, 6.07) is 0. The van der Waals surface area contributed by atoms with Crippen LogP contribution in [0.5, 0.6) is 0 Å². The van der Waals surface area contributed by atoms with Crippen molar-refractivity contribution >= 4 is 17.8 Å². The van der Waals surface area contributed by atoms with Gasteiger partial charge in [-0.1, -0.05) is 6.92 Å². The molecule has 0 saturated carbocycles. The predicted molar refractivity (Wildman–Crippen MR) is 38.0 cm³/mol. The third-order valence-corrected chi connectivity index (χ3v) is 1.59. The van der Waals surface area contributed by atoms with Gasteiger partial charge in [0.25, 0.3) is 0 Å². The number of hydrogen-bond acceptors (Lipinski definition) is 2. The maximum Gasteiger partial charge on any atom is 0.0130 e. The number of nitrogens with zero attached hydrogens (tertiary/aromatic N) is 1. The molecule has 42 valence electrons. The molecular formula is C6H7NS. The summed E-state index contributed by atoms with van der Waals surface area (Å²) in [6.07, 6.45) is 2.99. The molecule has 0 bridgehead atoms. The minimum atomic E-state index is 1.08. The largest absolute Gasteiger partial charge is 0.169 e. The Morgan fingerprint density at radius 1 is 1.88 bits per heavy atom. The van der Waals surface area contributed by atoms with Gasteiger partial charge >= 0.3 is 0 Å². The highest BCUT2D eigenvalue weighted by atomic mass is 32.2. The van der Waals surface area contributed by atoms with Gasteiger partial charge in [0.1, 0.15) is 0 Å². The molecule has 1 rings (SSSR count). The zero-order valence-corrected chi connectivity index (χ0v) is 5.53. The average Bonchev–Trinajstić information content (AvgIpc) is 1.90. The highest BCUT2D eigenvalue weighted by molar-refractivity contribution is 8.01. The normalized spacial score (nSPS) is 16.4. The molecule has 8 heavy (non-hydrogen) atoms. The van der Waals surface area contributed by atoms with Crippen LogP contribution in [0.15, 0.2) is 21.5 Å². The van der Waals surface area contributed by atoms with Crippen LogP contribution in [0.1, 0.15) is 13.3 Å². The van der Waals surface area contributed by atoms with Crippen molar-refractivity contribution in [1.29, 1.82) is 0 Å². The van der Waals surface area contributed by atoms with Crippen LogP contribution in [0, 0.1) is 0 Å². The van der Waals surface area contributed by atoms with E-state index in [1.807, 2.05) is 11.5 Å². The fourth-order valence-corrected chi connectivity index (χ4v) is 0.990. The van der Waals surface area contributed by atoms with E-state index in [-0.39, 0.29) is 0 Å². The van der Waals surface area contributed by atoms with Crippen molar-refractivity contribution in [2.45, 2.75) is 13.3 Å². The molecule has 0 spiro atoms. The van der Waals surface area contributed by atoms with E-state index in [0.29, 0.717) is 0 Å². The molecular weight excluding hydrogens is 118 g/mol. The van der Waals surface area contributed by atoms with Crippen molar-refractivity contribution in [3.05, 3.63) is 17.1 Å². The molecule has 1 aliphatic heterocycles. The minimum Gasteiger partial charge on any atom is -0.169 e. The second-order valence-electron chi connectivity index (χ2n) is 1.52. The lowest BCUT2D eigenvalue weighted by atomic mass is 10.2. The van der Waals surface area contributed by atoms with Gasteiger partial charge in [0.05, 0.1) is 0 Å². The van der Waals surface area contributed by atoms with Crippen LogP contribution < -0.4 is 0 Å². The number of hydrogen-bond donors (Lipinski definition) is 0. The van der Waals surface area contributed by atoms with Crippen molar-refractivity contribution in [2.75, 3.05) is 0 Å². The van der Waals surface area contributed by atoms with Crippen molar-refractivity contribution in [3.63, 3.8) is 0 Å². The Balaban J connectivity index is 2.68. The van der Waals surface area contributed by atoms with Crippen molar-refractivity contribution in [1.82, 2.24) is 0 Å². The molecule has 1 heterocycles.